The van der Waals surface area contributed by atoms with Gasteiger partial charge in [0.15, 0.2) is 0 Å². The normalized spacial score (nSPS) is 11.8. The van der Waals surface area contributed by atoms with Crippen molar-refractivity contribution in [1.29, 1.82) is 0 Å². The van der Waals surface area contributed by atoms with E-state index < -0.39 is 17.6 Å². The van der Waals surface area contributed by atoms with E-state index in [1.165, 1.54) is 25.1 Å². The quantitative estimate of drug-likeness (QED) is 0.719. The SMILES string of the molecule is CC(=O)C(C(=O)Nc1ccccc1Br)c1ccc(F)cc1Br. The average molecular weight is 429 g/mol. The van der Waals surface area contributed by atoms with Crippen molar-refractivity contribution in [1.82, 2.24) is 0 Å². The number of carbonyl (C=O) groups excluding carboxylic acids is 2. The molecule has 0 saturated carbocycles. The molecule has 2 aromatic carbocycles. The molecule has 0 aromatic heterocycles. The van der Waals surface area contributed by atoms with Gasteiger partial charge in [-0.2, -0.15) is 0 Å². The largest absolute Gasteiger partial charge is 0.324 e. The van der Waals surface area contributed by atoms with Gasteiger partial charge in [0, 0.05) is 8.95 Å². The highest BCUT2D eigenvalue weighted by Crippen LogP contribution is 2.29. The zero-order valence-electron chi connectivity index (χ0n) is 11.6. The van der Waals surface area contributed by atoms with Crippen molar-refractivity contribution in [3.8, 4) is 0 Å². The lowest BCUT2D eigenvalue weighted by Crippen LogP contribution is -2.26. The van der Waals surface area contributed by atoms with Crippen LogP contribution in [0.2, 0.25) is 0 Å². The summed E-state index contributed by atoms with van der Waals surface area (Å²) in [4.78, 5) is 24.4. The van der Waals surface area contributed by atoms with E-state index in [4.69, 9.17) is 0 Å². The summed E-state index contributed by atoms with van der Waals surface area (Å²) in [7, 11) is 0. The number of ketones is 1. The molecule has 0 aliphatic rings. The number of amides is 1. The molecule has 0 spiro atoms. The Kier molecular flexibility index (Phi) is 5.47. The smallest absolute Gasteiger partial charge is 0.239 e. The summed E-state index contributed by atoms with van der Waals surface area (Å²) in [5, 5.41) is 2.71. The van der Waals surface area contributed by atoms with E-state index in [2.05, 4.69) is 37.2 Å². The molecule has 0 aliphatic heterocycles. The second-order valence-electron chi connectivity index (χ2n) is 4.68. The fourth-order valence-electron chi connectivity index (χ4n) is 2.05. The molecule has 6 heteroatoms. The summed E-state index contributed by atoms with van der Waals surface area (Å²) in [6.45, 7) is 1.33. The third-order valence-electron chi connectivity index (χ3n) is 3.07. The monoisotopic (exact) mass is 427 g/mol. The Morgan fingerprint density at radius 1 is 1.09 bits per heavy atom. The number of carbonyl (C=O) groups is 2. The minimum atomic E-state index is -1.01. The number of Topliss-reactive ketones (excluding diaryl/α,β-unsaturated/α-hetero) is 1. The van der Waals surface area contributed by atoms with Crippen LogP contribution in [0.1, 0.15) is 18.4 Å². The molecule has 1 unspecified atom stereocenters. The van der Waals surface area contributed by atoms with Gasteiger partial charge in [-0.3, -0.25) is 9.59 Å². The number of halogens is 3. The van der Waals surface area contributed by atoms with Crippen molar-refractivity contribution < 1.29 is 14.0 Å². The van der Waals surface area contributed by atoms with Gasteiger partial charge in [-0.15, -0.1) is 0 Å². The van der Waals surface area contributed by atoms with Gasteiger partial charge in [0.25, 0.3) is 0 Å². The van der Waals surface area contributed by atoms with Crippen LogP contribution in [-0.4, -0.2) is 11.7 Å². The topological polar surface area (TPSA) is 46.2 Å². The molecule has 114 valence electrons. The highest BCUT2D eigenvalue weighted by molar-refractivity contribution is 9.10. The maximum Gasteiger partial charge on any atom is 0.239 e. The van der Waals surface area contributed by atoms with E-state index in [-0.39, 0.29) is 5.78 Å². The van der Waals surface area contributed by atoms with Crippen molar-refractivity contribution in [2.45, 2.75) is 12.8 Å². The molecule has 2 rings (SSSR count). The molecule has 2 aromatic rings. The number of hydrogen-bond acceptors (Lipinski definition) is 2. The summed E-state index contributed by atoms with van der Waals surface area (Å²) in [5.74, 6) is -2.24. The first-order chi connectivity index (χ1) is 10.4. The van der Waals surface area contributed by atoms with E-state index >= 15 is 0 Å². The lowest BCUT2D eigenvalue weighted by Gasteiger charge is -2.16. The van der Waals surface area contributed by atoms with Gasteiger partial charge < -0.3 is 5.32 Å². The van der Waals surface area contributed by atoms with Crippen molar-refractivity contribution in [3.63, 3.8) is 0 Å². The molecular weight excluding hydrogens is 417 g/mol. The summed E-state index contributed by atoms with van der Waals surface area (Å²) in [6.07, 6.45) is 0. The Hall–Kier alpha value is -1.53. The molecule has 0 heterocycles. The van der Waals surface area contributed by atoms with E-state index in [0.29, 0.717) is 20.2 Å². The Balaban J connectivity index is 2.34. The highest BCUT2D eigenvalue weighted by Gasteiger charge is 2.27. The van der Waals surface area contributed by atoms with Crippen LogP contribution in [0.5, 0.6) is 0 Å². The fraction of sp³-hybridized carbons (Fsp3) is 0.125. The molecule has 0 saturated heterocycles. The maximum absolute atomic E-state index is 13.2. The van der Waals surface area contributed by atoms with E-state index in [0.717, 1.165) is 0 Å². The first-order valence-corrected chi connectivity index (χ1v) is 7.99. The summed E-state index contributed by atoms with van der Waals surface area (Å²) in [5.41, 5.74) is 0.996. The number of benzene rings is 2. The van der Waals surface area contributed by atoms with Gasteiger partial charge in [0.2, 0.25) is 5.91 Å². The van der Waals surface area contributed by atoms with Crippen molar-refractivity contribution in [2.24, 2.45) is 0 Å². The second-order valence-corrected chi connectivity index (χ2v) is 6.39. The molecule has 1 atom stereocenters. The van der Waals surface area contributed by atoms with Crippen LogP contribution in [0, 0.1) is 5.82 Å². The maximum atomic E-state index is 13.2. The third kappa shape index (κ3) is 3.81. The minimum absolute atomic E-state index is 0.322. The zero-order valence-corrected chi connectivity index (χ0v) is 14.7. The first kappa shape index (κ1) is 16.8. The number of nitrogens with one attached hydrogen (secondary N) is 1. The standard InChI is InChI=1S/C16H12Br2FNO2/c1-9(21)15(11-7-6-10(19)8-13(11)18)16(22)20-14-5-3-2-4-12(14)17/h2-8,15H,1H3,(H,20,22). The molecule has 0 fully saturated rings. The zero-order chi connectivity index (χ0) is 16.3. The molecule has 0 bridgehead atoms. The molecule has 3 nitrogen and oxygen atoms in total. The lowest BCUT2D eigenvalue weighted by atomic mass is 9.94. The van der Waals surface area contributed by atoms with Crippen molar-refractivity contribution in [3.05, 3.63) is 62.8 Å². The van der Waals surface area contributed by atoms with Gasteiger partial charge in [-0.25, -0.2) is 4.39 Å². The van der Waals surface area contributed by atoms with Crippen molar-refractivity contribution in [2.75, 3.05) is 5.32 Å². The Morgan fingerprint density at radius 3 is 2.36 bits per heavy atom. The van der Waals surface area contributed by atoms with Gasteiger partial charge in [-0.1, -0.05) is 34.1 Å². The Labute approximate surface area is 144 Å². The third-order valence-corrected chi connectivity index (χ3v) is 4.45. The average Bonchev–Trinajstić information content (AvgIpc) is 2.44. The fourth-order valence-corrected chi connectivity index (χ4v) is 3.01. The minimum Gasteiger partial charge on any atom is -0.324 e. The van der Waals surface area contributed by atoms with Gasteiger partial charge in [-0.05, 0) is 52.7 Å². The number of hydrogen-bond donors (Lipinski definition) is 1. The van der Waals surface area contributed by atoms with Gasteiger partial charge in [0.1, 0.15) is 17.5 Å². The van der Waals surface area contributed by atoms with Crippen LogP contribution in [0.4, 0.5) is 10.1 Å². The van der Waals surface area contributed by atoms with Crippen LogP contribution >= 0.6 is 31.9 Å². The number of anilines is 1. The van der Waals surface area contributed by atoms with Crippen LogP contribution < -0.4 is 5.32 Å². The predicted molar refractivity (Wildman–Crippen MR) is 90.3 cm³/mol. The molecule has 0 radical (unpaired) electrons. The number of para-hydroxylation sites is 1. The van der Waals surface area contributed by atoms with E-state index in [1.54, 1.807) is 18.2 Å². The van der Waals surface area contributed by atoms with Crippen LogP contribution in [-0.2, 0) is 9.59 Å². The molecule has 0 aliphatic carbocycles. The summed E-state index contributed by atoms with van der Waals surface area (Å²) < 4.78 is 14.3. The molecular formula is C16H12Br2FNO2. The first-order valence-electron chi connectivity index (χ1n) is 6.41. The van der Waals surface area contributed by atoms with E-state index in [1.807, 2.05) is 6.07 Å². The molecule has 1 N–H and O–H groups in total. The van der Waals surface area contributed by atoms with Crippen LogP contribution in [0.3, 0.4) is 0 Å². The molecule has 1 amide bonds. The molecule has 22 heavy (non-hydrogen) atoms. The van der Waals surface area contributed by atoms with Crippen LogP contribution in [0.25, 0.3) is 0 Å². The summed E-state index contributed by atoms with van der Waals surface area (Å²) >= 11 is 6.54. The van der Waals surface area contributed by atoms with Crippen LogP contribution in [0.15, 0.2) is 51.4 Å². The number of rotatable bonds is 4. The summed E-state index contributed by atoms with van der Waals surface area (Å²) in [6, 6.07) is 11.0. The lowest BCUT2D eigenvalue weighted by molar-refractivity contribution is -0.126. The Morgan fingerprint density at radius 2 is 1.77 bits per heavy atom. The predicted octanol–water partition coefficient (Wildman–Crippen LogP) is 4.66. The second kappa shape index (κ2) is 7.15. The van der Waals surface area contributed by atoms with Gasteiger partial charge >= 0.3 is 0 Å². The highest BCUT2D eigenvalue weighted by atomic mass is 79.9. The van der Waals surface area contributed by atoms with Gasteiger partial charge in [0.05, 0.1) is 5.69 Å². The van der Waals surface area contributed by atoms with Crippen molar-refractivity contribution >= 4 is 49.2 Å². The van der Waals surface area contributed by atoms with E-state index in [9.17, 15) is 14.0 Å². The Bertz CT molecular complexity index is 734.